The van der Waals surface area contributed by atoms with Gasteiger partial charge < -0.3 is 45.4 Å². The van der Waals surface area contributed by atoms with E-state index in [0.717, 1.165) is 38.5 Å². The third-order valence-electron chi connectivity index (χ3n) is 12.8. The summed E-state index contributed by atoms with van der Waals surface area (Å²) in [7, 11) is 0. The Balaban J connectivity index is 2.26. The molecule has 0 unspecified atom stereocenters. The van der Waals surface area contributed by atoms with Crippen LogP contribution in [0.3, 0.4) is 0 Å². The van der Waals surface area contributed by atoms with Gasteiger partial charge in [-0.3, -0.25) is 4.79 Å². The molecule has 1 amide bonds. The molecule has 1 aliphatic rings. The first-order chi connectivity index (χ1) is 29.3. The Morgan fingerprint density at radius 1 is 0.517 bits per heavy atom. The van der Waals surface area contributed by atoms with E-state index in [1.54, 1.807) is 0 Å². The van der Waals surface area contributed by atoms with Crippen LogP contribution in [0.5, 0.6) is 0 Å². The van der Waals surface area contributed by atoms with E-state index in [4.69, 9.17) is 9.47 Å². The predicted molar refractivity (Wildman–Crippen MR) is 246 cm³/mol. The molecule has 1 aliphatic heterocycles. The van der Waals surface area contributed by atoms with Crippen LogP contribution >= 0.6 is 0 Å². The Kier molecular flexibility index (Phi) is 39.0. The molecule has 1 saturated heterocycles. The highest BCUT2D eigenvalue weighted by Gasteiger charge is 2.44. The van der Waals surface area contributed by atoms with Crippen LogP contribution in [-0.2, 0) is 14.3 Å². The average Bonchev–Trinajstić information content (AvgIpc) is 3.25. The molecule has 358 valence electrons. The number of hydrogen-bond donors (Lipinski definition) is 7. The number of aliphatic hydroxyl groups excluding tert-OH is 6. The summed E-state index contributed by atoms with van der Waals surface area (Å²) in [4.78, 5) is 13.0. The molecule has 1 fully saturated rings. The van der Waals surface area contributed by atoms with Gasteiger partial charge in [0.2, 0.25) is 5.91 Å². The van der Waals surface area contributed by atoms with Crippen LogP contribution < -0.4 is 5.32 Å². The largest absolute Gasteiger partial charge is 0.394 e. The zero-order valence-corrected chi connectivity index (χ0v) is 39.1. The monoisotopic (exact) mass is 858 g/mol. The van der Waals surface area contributed by atoms with Crippen molar-refractivity contribution in [2.75, 3.05) is 13.2 Å². The van der Waals surface area contributed by atoms with Crippen molar-refractivity contribution in [3.05, 3.63) is 0 Å². The van der Waals surface area contributed by atoms with Crippen molar-refractivity contribution >= 4 is 5.91 Å². The van der Waals surface area contributed by atoms with Crippen molar-refractivity contribution in [1.82, 2.24) is 5.32 Å². The lowest BCUT2D eigenvalue weighted by Gasteiger charge is -2.40. The number of hydrogen-bond acceptors (Lipinski definition) is 9. The van der Waals surface area contributed by atoms with E-state index in [0.29, 0.717) is 6.42 Å². The topological polar surface area (TPSA) is 169 Å². The minimum absolute atomic E-state index is 0.252. The third-order valence-corrected chi connectivity index (χ3v) is 12.8. The first-order valence-electron chi connectivity index (χ1n) is 25.8. The average molecular weight is 858 g/mol. The van der Waals surface area contributed by atoms with Crippen LogP contribution in [0, 0.1) is 0 Å². The van der Waals surface area contributed by atoms with Crippen molar-refractivity contribution in [3.63, 3.8) is 0 Å². The molecule has 0 bridgehead atoms. The standard InChI is InChI=1S/C50H99NO9/c1-3-5-7-9-11-13-15-17-18-19-20-21-22-23-24-25-26-27-29-31-33-35-37-39-45(54)51-42(41-59-50-49(58)48(57)47(56)44(40-52)60-50)46(55)43(53)38-36-34-32-30-28-16-14-12-10-8-6-4-2/h42-44,46-50,52-53,55-58H,3-41H2,1-2H3,(H,51,54)/t42-,43-,44-,46+,47-,48+,49-,50-/m1/s1. The molecule has 0 aromatic heterocycles. The van der Waals surface area contributed by atoms with Crippen LogP contribution in [0.4, 0.5) is 0 Å². The fraction of sp³-hybridized carbons (Fsp3) is 0.980. The summed E-state index contributed by atoms with van der Waals surface area (Å²) in [6, 6.07) is -0.985. The van der Waals surface area contributed by atoms with E-state index in [9.17, 15) is 35.4 Å². The predicted octanol–water partition coefficient (Wildman–Crippen LogP) is 10.5. The second kappa shape index (κ2) is 40.9. The molecule has 60 heavy (non-hydrogen) atoms. The summed E-state index contributed by atoms with van der Waals surface area (Å²) in [6.45, 7) is 3.63. The number of carbonyl (C=O) groups excluding carboxylic acids is 1. The Morgan fingerprint density at radius 2 is 0.867 bits per heavy atom. The summed E-state index contributed by atoms with van der Waals surface area (Å²) < 4.78 is 11.2. The van der Waals surface area contributed by atoms with Gasteiger partial charge in [0, 0.05) is 6.42 Å². The van der Waals surface area contributed by atoms with E-state index in [2.05, 4.69) is 19.2 Å². The lowest BCUT2D eigenvalue weighted by Crippen LogP contribution is -2.60. The van der Waals surface area contributed by atoms with E-state index >= 15 is 0 Å². The summed E-state index contributed by atoms with van der Waals surface area (Å²) >= 11 is 0. The van der Waals surface area contributed by atoms with E-state index in [-0.39, 0.29) is 18.9 Å². The molecule has 7 N–H and O–H groups in total. The maximum absolute atomic E-state index is 13.0. The molecule has 0 aromatic carbocycles. The maximum atomic E-state index is 13.0. The Hall–Kier alpha value is -0.850. The summed E-state index contributed by atoms with van der Waals surface area (Å²) in [6.07, 6.45) is 35.5. The molecule has 1 rings (SSSR count). The highest BCUT2D eigenvalue weighted by Crippen LogP contribution is 2.23. The van der Waals surface area contributed by atoms with Crippen LogP contribution in [0.2, 0.25) is 0 Å². The number of unbranched alkanes of at least 4 members (excludes halogenated alkanes) is 33. The van der Waals surface area contributed by atoms with E-state index in [1.165, 1.54) is 186 Å². The summed E-state index contributed by atoms with van der Waals surface area (Å²) in [5.41, 5.74) is 0. The van der Waals surface area contributed by atoms with Gasteiger partial charge >= 0.3 is 0 Å². The SMILES string of the molecule is CCCCCCCCCCCCCCCCCCCCCCCCCC(=O)N[C@H](CO[C@@H]1O[C@H](CO)[C@@H](O)[C@H](O)[C@H]1O)[C@H](O)[C@H](O)CCCCCCCCCCCCCC. The smallest absolute Gasteiger partial charge is 0.220 e. The van der Waals surface area contributed by atoms with Crippen molar-refractivity contribution in [2.24, 2.45) is 0 Å². The molecular formula is C50H99NO9. The van der Waals surface area contributed by atoms with Crippen LogP contribution in [0.1, 0.15) is 251 Å². The van der Waals surface area contributed by atoms with Crippen LogP contribution in [0.15, 0.2) is 0 Å². The van der Waals surface area contributed by atoms with Crippen molar-refractivity contribution < 1.29 is 44.9 Å². The van der Waals surface area contributed by atoms with Gasteiger partial charge in [-0.15, -0.1) is 0 Å². The highest BCUT2D eigenvalue weighted by atomic mass is 16.7. The second-order valence-corrected chi connectivity index (χ2v) is 18.5. The van der Waals surface area contributed by atoms with Gasteiger partial charge in [-0.05, 0) is 12.8 Å². The molecule has 8 atom stereocenters. The number of ether oxygens (including phenoxy) is 2. The van der Waals surface area contributed by atoms with Gasteiger partial charge in [0.25, 0.3) is 0 Å². The molecule has 10 nitrogen and oxygen atoms in total. The summed E-state index contributed by atoms with van der Waals surface area (Å²) in [5, 5.41) is 65.3. The molecule has 0 spiro atoms. The molecule has 1 heterocycles. The van der Waals surface area contributed by atoms with E-state index < -0.39 is 55.6 Å². The third kappa shape index (κ3) is 30.3. The Labute approximate surface area is 368 Å². The zero-order valence-electron chi connectivity index (χ0n) is 39.1. The fourth-order valence-corrected chi connectivity index (χ4v) is 8.61. The van der Waals surface area contributed by atoms with Crippen LogP contribution in [-0.4, -0.2) is 98.7 Å². The molecule has 0 aromatic rings. The number of amides is 1. The number of aliphatic hydroxyl groups is 6. The van der Waals surface area contributed by atoms with Gasteiger partial charge in [-0.2, -0.15) is 0 Å². The molecule has 0 aliphatic carbocycles. The van der Waals surface area contributed by atoms with Crippen molar-refractivity contribution in [3.8, 4) is 0 Å². The molecular weight excluding hydrogens is 759 g/mol. The minimum Gasteiger partial charge on any atom is -0.394 e. The molecule has 0 saturated carbocycles. The van der Waals surface area contributed by atoms with E-state index in [1.807, 2.05) is 0 Å². The number of carbonyl (C=O) groups is 1. The lowest BCUT2D eigenvalue weighted by atomic mass is 9.98. The zero-order chi connectivity index (χ0) is 43.9. The van der Waals surface area contributed by atoms with Crippen LogP contribution in [0.25, 0.3) is 0 Å². The van der Waals surface area contributed by atoms with Crippen molar-refractivity contribution in [2.45, 2.75) is 300 Å². The molecule has 10 heteroatoms. The quantitative estimate of drug-likeness (QED) is 0.0295. The fourth-order valence-electron chi connectivity index (χ4n) is 8.61. The lowest BCUT2D eigenvalue weighted by molar-refractivity contribution is -0.303. The van der Waals surface area contributed by atoms with Gasteiger partial charge in [0.1, 0.15) is 30.5 Å². The first-order valence-corrected chi connectivity index (χ1v) is 25.8. The Bertz CT molecular complexity index is 926. The maximum Gasteiger partial charge on any atom is 0.220 e. The normalized spacial score (nSPS) is 21.0. The highest BCUT2D eigenvalue weighted by molar-refractivity contribution is 5.76. The van der Waals surface area contributed by atoms with Gasteiger partial charge in [-0.1, -0.05) is 232 Å². The van der Waals surface area contributed by atoms with Gasteiger partial charge in [-0.25, -0.2) is 0 Å². The first kappa shape index (κ1) is 57.2. The number of rotatable bonds is 44. The minimum atomic E-state index is -1.60. The van der Waals surface area contributed by atoms with Gasteiger partial charge in [0.05, 0.1) is 25.4 Å². The Morgan fingerprint density at radius 3 is 1.23 bits per heavy atom. The number of nitrogens with one attached hydrogen (secondary N) is 1. The second-order valence-electron chi connectivity index (χ2n) is 18.5. The molecule has 0 radical (unpaired) electrons. The summed E-state index contributed by atoms with van der Waals surface area (Å²) in [5.74, 6) is -0.252. The van der Waals surface area contributed by atoms with Crippen molar-refractivity contribution in [1.29, 1.82) is 0 Å². The van der Waals surface area contributed by atoms with Gasteiger partial charge in [0.15, 0.2) is 6.29 Å².